The molecule has 0 aliphatic carbocycles. The molecule has 0 atom stereocenters. The monoisotopic (exact) mass is 271 g/mol. The predicted octanol–water partition coefficient (Wildman–Crippen LogP) is 2.85. The van der Waals surface area contributed by atoms with E-state index in [-0.39, 0.29) is 0 Å². The lowest BCUT2D eigenvalue weighted by atomic mass is 10.1. The Morgan fingerprint density at radius 2 is 1.95 bits per heavy atom. The summed E-state index contributed by atoms with van der Waals surface area (Å²) in [7, 11) is 0. The molecule has 0 bridgehead atoms. The van der Waals surface area contributed by atoms with Crippen molar-refractivity contribution in [3.63, 3.8) is 0 Å². The number of fused-ring (bicyclic) bond motifs is 1. The van der Waals surface area contributed by atoms with Gasteiger partial charge in [-0.15, -0.1) is 0 Å². The van der Waals surface area contributed by atoms with Gasteiger partial charge in [-0.25, -0.2) is 0 Å². The molecule has 2 heterocycles. The molecule has 1 N–H and O–H groups in total. The standard InChI is InChI=1S/C17H25N3/c1-2-18-14-15-5-6-16-7-10-20(17(16)13-15)12-11-19-8-3-4-9-19/h5-7,10,13,18H,2-4,8-9,11-12,14H2,1H3. The van der Waals surface area contributed by atoms with Crippen molar-refractivity contribution in [3.8, 4) is 0 Å². The lowest BCUT2D eigenvalue weighted by Crippen LogP contribution is -2.23. The number of likely N-dealkylation sites (tertiary alicyclic amines) is 1. The van der Waals surface area contributed by atoms with Crippen molar-refractivity contribution in [2.24, 2.45) is 0 Å². The molecule has 3 rings (SSSR count). The summed E-state index contributed by atoms with van der Waals surface area (Å²) in [5.41, 5.74) is 2.75. The first-order chi connectivity index (χ1) is 9.86. The van der Waals surface area contributed by atoms with Crippen molar-refractivity contribution in [2.75, 3.05) is 26.2 Å². The van der Waals surface area contributed by atoms with Crippen LogP contribution in [0.3, 0.4) is 0 Å². The maximum absolute atomic E-state index is 3.40. The summed E-state index contributed by atoms with van der Waals surface area (Å²) in [5, 5.41) is 4.75. The number of nitrogens with one attached hydrogen (secondary N) is 1. The quantitative estimate of drug-likeness (QED) is 0.872. The van der Waals surface area contributed by atoms with E-state index < -0.39 is 0 Å². The second kappa shape index (κ2) is 6.42. The highest BCUT2D eigenvalue weighted by Gasteiger charge is 2.11. The summed E-state index contributed by atoms with van der Waals surface area (Å²) < 4.78 is 2.41. The molecule has 1 aliphatic rings. The summed E-state index contributed by atoms with van der Waals surface area (Å²) >= 11 is 0. The Labute approximate surface area is 121 Å². The number of hydrogen-bond donors (Lipinski definition) is 1. The lowest BCUT2D eigenvalue weighted by molar-refractivity contribution is 0.324. The minimum absolute atomic E-state index is 0.962. The van der Waals surface area contributed by atoms with Crippen molar-refractivity contribution < 1.29 is 0 Å². The average Bonchev–Trinajstić information content (AvgIpc) is 3.12. The maximum atomic E-state index is 3.40. The zero-order valence-electron chi connectivity index (χ0n) is 12.4. The zero-order valence-corrected chi connectivity index (χ0v) is 12.4. The SMILES string of the molecule is CCNCc1ccc2ccn(CCN3CCCC3)c2c1. The van der Waals surface area contributed by atoms with E-state index >= 15 is 0 Å². The van der Waals surface area contributed by atoms with Gasteiger partial charge in [0.25, 0.3) is 0 Å². The molecular formula is C17H25N3. The van der Waals surface area contributed by atoms with Crippen molar-refractivity contribution in [1.29, 1.82) is 0 Å². The van der Waals surface area contributed by atoms with Gasteiger partial charge in [-0.05, 0) is 55.6 Å². The third kappa shape index (κ3) is 3.05. The average molecular weight is 271 g/mol. The first-order valence-corrected chi connectivity index (χ1v) is 7.87. The molecule has 1 aromatic carbocycles. The molecule has 1 saturated heterocycles. The van der Waals surface area contributed by atoms with Crippen LogP contribution in [0.2, 0.25) is 0 Å². The van der Waals surface area contributed by atoms with Crippen LogP contribution in [0.25, 0.3) is 10.9 Å². The van der Waals surface area contributed by atoms with Crippen molar-refractivity contribution in [1.82, 2.24) is 14.8 Å². The van der Waals surface area contributed by atoms with E-state index in [1.807, 2.05) is 0 Å². The summed E-state index contributed by atoms with van der Waals surface area (Å²) in [6.07, 6.45) is 4.98. The van der Waals surface area contributed by atoms with Gasteiger partial charge in [0.15, 0.2) is 0 Å². The first kappa shape index (κ1) is 13.7. The highest BCUT2D eigenvalue weighted by Crippen LogP contribution is 2.18. The summed E-state index contributed by atoms with van der Waals surface area (Å²) in [6, 6.07) is 9.04. The molecule has 0 saturated carbocycles. The zero-order chi connectivity index (χ0) is 13.8. The molecule has 3 nitrogen and oxygen atoms in total. The predicted molar refractivity (Wildman–Crippen MR) is 85.0 cm³/mol. The van der Waals surface area contributed by atoms with Gasteiger partial charge in [0, 0.05) is 31.3 Å². The van der Waals surface area contributed by atoms with E-state index in [4.69, 9.17) is 0 Å². The highest BCUT2D eigenvalue weighted by atomic mass is 15.2. The molecule has 0 amide bonds. The number of aromatic nitrogens is 1. The van der Waals surface area contributed by atoms with Crippen LogP contribution in [0.15, 0.2) is 30.5 Å². The van der Waals surface area contributed by atoms with E-state index in [1.165, 1.54) is 48.9 Å². The minimum atomic E-state index is 0.962. The van der Waals surface area contributed by atoms with E-state index in [2.05, 4.69) is 52.2 Å². The second-order valence-electron chi connectivity index (χ2n) is 5.73. The molecule has 0 spiro atoms. The van der Waals surface area contributed by atoms with Gasteiger partial charge in [-0.1, -0.05) is 19.1 Å². The van der Waals surface area contributed by atoms with Crippen LogP contribution in [0.1, 0.15) is 25.3 Å². The summed E-state index contributed by atoms with van der Waals surface area (Å²) in [5.74, 6) is 0. The second-order valence-corrected chi connectivity index (χ2v) is 5.73. The Bertz CT molecular complexity index is 552. The van der Waals surface area contributed by atoms with Crippen LogP contribution in [-0.4, -0.2) is 35.6 Å². The molecule has 1 aromatic heterocycles. The van der Waals surface area contributed by atoms with Crippen LogP contribution in [0, 0.1) is 0 Å². The van der Waals surface area contributed by atoms with E-state index in [0.717, 1.165) is 19.6 Å². The molecule has 20 heavy (non-hydrogen) atoms. The van der Waals surface area contributed by atoms with Gasteiger partial charge in [0.1, 0.15) is 0 Å². The lowest BCUT2D eigenvalue weighted by Gasteiger charge is -2.15. The molecule has 3 heteroatoms. The van der Waals surface area contributed by atoms with E-state index in [1.54, 1.807) is 0 Å². The van der Waals surface area contributed by atoms with Crippen molar-refractivity contribution >= 4 is 10.9 Å². The Morgan fingerprint density at radius 3 is 2.75 bits per heavy atom. The van der Waals surface area contributed by atoms with Crippen molar-refractivity contribution in [2.45, 2.75) is 32.9 Å². The van der Waals surface area contributed by atoms with Gasteiger partial charge in [-0.3, -0.25) is 0 Å². The van der Waals surface area contributed by atoms with Gasteiger partial charge >= 0.3 is 0 Å². The van der Waals surface area contributed by atoms with Crippen LogP contribution in [-0.2, 0) is 13.1 Å². The summed E-state index contributed by atoms with van der Waals surface area (Å²) in [4.78, 5) is 2.58. The maximum Gasteiger partial charge on any atom is 0.0483 e. The van der Waals surface area contributed by atoms with Crippen molar-refractivity contribution in [3.05, 3.63) is 36.0 Å². The van der Waals surface area contributed by atoms with E-state index in [9.17, 15) is 0 Å². The topological polar surface area (TPSA) is 20.2 Å². The normalized spacial score (nSPS) is 16.2. The molecule has 1 fully saturated rings. The fraction of sp³-hybridized carbons (Fsp3) is 0.529. The molecule has 108 valence electrons. The Morgan fingerprint density at radius 1 is 1.10 bits per heavy atom. The van der Waals surface area contributed by atoms with Crippen LogP contribution < -0.4 is 5.32 Å². The number of nitrogens with zero attached hydrogens (tertiary/aromatic N) is 2. The molecule has 2 aromatic rings. The number of rotatable bonds is 6. The third-order valence-corrected chi connectivity index (χ3v) is 4.27. The first-order valence-electron chi connectivity index (χ1n) is 7.87. The van der Waals surface area contributed by atoms with Gasteiger partial charge in [0.2, 0.25) is 0 Å². The number of benzene rings is 1. The smallest absolute Gasteiger partial charge is 0.0483 e. The molecule has 1 aliphatic heterocycles. The molecular weight excluding hydrogens is 246 g/mol. The van der Waals surface area contributed by atoms with Crippen LogP contribution in [0.5, 0.6) is 0 Å². The van der Waals surface area contributed by atoms with Gasteiger partial charge in [0.05, 0.1) is 0 Å². The van der Waals surface area contributed by atoms with E-state index in [0.29, 0.717) is 0 Å². The van der Waals surface area contributed by atoms with Gasteiger partial charge < -0.3 is 14.8 Å². The largest absolute Gasteiger partial charge is 0.346 e. The van der Waals surface area contributed by atoms with Crippen LogP contribution in [0.4, 0.5) is 0 Å². The summed E-state index contributed by atoms with van der Waals surface area (Å²) in [6.45, 7) is 8.99. The molecule has 0 unspecified atom stereocenters. The fourth-order valence-corrected chi connectivity index (χ4v) is 3.06. The van der Waals surface area contributed by atoms with Crippen LogP contribution >= 0.6 is 0 Å². The fourth-order valence-electron chi connectivity index (χ4n) is 3.06. The third-order valence-electron chi connectivity index (χ3n) is 4.27. The van der Waals surface area contributed by atoms with Gasteiger partial charge in [-0.2, -0.15) is 0 Å². The Kier molecular flexibility index (Phi) is 4.38. The Balaban J connectivity index is 1.72. The molecule has 0 radical (unpaired) electrons. The minimum Gasteiger partial charge on any atom is -0.346 e. The highest BCUT2D eigenvalue weighted by molar-refractivity contribution is 5.80. The number of hydrogen-bond acceptors (Lipinski definition) is 2. The Hall–Kier alpha value is -1.32.